The van der Waals surface area contributed by atoms with Gasteiger partial charge in [0.15, 0.2) is 0 Å². The van der Waals surface area contributed by atoms with Gasteiger partial charge in [0, 0.05) is 36.6 Å². The lowest BCUT2D eigenvalue weighted by atomic mass is 9.98. The molecule has 1 aliphatic heterocycles. The van der Waals surface area contributed by atoms with E-state index in [-0.39, 0.29) is 23.6 Å². The zero-order valence-electron chi connectivity index (χ0n) is 14.0. The largest absolute Gasteiger partial charge is 0.326 e. The van der Waals surface area contributed by atoms with E-state index in [1.165, 1.54) is 0 Å². The van der Waals surface area contributed by atoms with Crippen LogP contribution >= 0.6 is 11.6 Å². The highest BCUT2D eigenvalue weighted by Crippen LogP contribution is 2.30. The van der Waals surface area contributed by atoms with Crippen molar-refractivity contribution in [3.05, 3.63) is 62.8 Å². The highest BCUT2D eigenvalue weighted by Gasteiger charge is 2.30. The molecule has 1 aliphatic rings. The van der Waals surface area contributed by atoms with Crippen LogP contribution in [0.2, 0.25) is 5.15 Å². The first-order chi connectivity index (χ1) is 11.5. The number of likely N-dealkylation sites (tertiary alicyclic amines) is 1. The summed E-state index contributed by atoms with van der Waals surface area (Å²) in [4.78, 5) is 22.1. The van der Waals surface area contributed by atoms with Crippen LogP contribution in [0.25, 0.3) is 0 Å². The Morgan fingerprint density at radius 3 is 2.67 bits per heavy atom. The molecule has 0 amide bonds. The first-order valence-electron chi connectivity index (χ1n) is 8.30. The summed E-state index contributed by atoms with van der Waals surface area (Å²) in [5.74, 6) is 0.280. The van der Waals surface area contributed by atoms with Gasteiger partial charge in [0.25, 0.3) is 5.56 Å². The van der Waals surface area contributed by atoms with E-state index in [4.69, 9.17) is 17.3 Å². The molecule has 3 rings (SSSR count). The average Bonchev–Trinajstić information content (AvgIpc) is 2.97. The molecule has 0 spiro atoms. The van der Waals surface area contributed by atoms with Gasteiger partial charge >= 0.3 is 0 Å². The van der Waals surface area contributed by atoms with Crippen LogP contribution in [-0.2, 0) is 0 Å². The third-order valence-corrected chi connectivity index (χ3v) is 4.79. The minimum absolute atomic E-state index is 0.0541. The SMILES string of the molecule is CC(C)c1ccc(C(c2ccc(Cl)nc2)N2CC[C@@H](N)C2)c(=O)[nH]1. The predicted octanol–water partition coefficient (Wildman–Crippen LogP) is 2.67. The maximum atomic E-state index is 12.7. The molecule has 6 heteroatoms. The van der Waals surface area contributed by atoms with E-state index in [1.54, 1.807) is 12.3 Å². The molecule has 0 radical (unpaired) electrons. The van der Waals surface area contributed by atoms with Crippen LogP contribution in [0.15, 0.2) is 35.3 Å². The standard InChI is InChI=1S/C18H23ClN4O/c1-11(2)15-5-4-14(18(24)22-15)17(23-8-7-13(20)10-23)12-3-6-16(19)21-9-12/h3-6,9,11,13,17H,7-8,10,20H2,1-2H3,(H,22,24)/t13-,17?/m1/s1. The highest BCUT2D eigenvalue weighted by atomic mass is 35.5. The number of halogens is 1. The van der Waals surface area contributed by atoms with Gasteiger partial charge in [-0.25, -0.2) is 4.98 Å². The van der Waals surface area contributed by atoms with Crippen molar-refractivity contribution in [1.82, 2.24) is 14.9 Å². The number of H-pyrrole nitrogens is 1. The Morgan fingerprint density at radius 2 is 2.12 bits per heavy atom. The summed E-state index contributed by atoms with van der Waals surface area (Å²) in [7, 11) is 0. The number of aromatic amines is 1. The minimum atomic E-state index is -0.159. The molecular weight excluding hydrogens is 324 g/mol. The van der Waals surface area contributed by atoms with Crippen molar-refractivity contribution in [1.29, 1.82) is 0 Å². The van der Waals surface area contributed by atoms with E-state index in [0.29, 0.717) is 5.15 Å². The molecule has 5 nitrogen and oxygen atoms in total. The number of rotatable bonds is 4. The number of nitrogens with two attached hydrogens (primary N) is 1. The van der Waals surface area contributed by atoms with E-state index in [9.17, 15) is 4.79 Å². The molecule has 0 bridgehead atoms. The molecule has 3 heterocycles. The van der Waals surface area contributed by atoms with Crippen LogP contribution in [-0.4, -0.2) is 34.0 Å². The first kappa shape index (κ1) is 17.1. The monoisotopic (exact) mass is 346 g/mol. The van der Waals surface area contributed by atoms with E-state index in [2.05, 4.69) is 28.7 Å². The van der Waals surface area contributed by atoms with Gasteiger partial charge in [-0.1, -0.05) is 31.5 Å². The maximum Gasteiger partial charge on any atom is 0.253 e. The van der Waals surface area contributed by atoms with Crippen molar-refractivity contribution < 1.29 is 0 Å². The molecule has 0 saturated carbocycles. The molecule has 1 saturated heterocycles. The Balaban J connectivity index is 2.04. The summed E-state index contributed by atoms with van der Waals surface area (Å²) in [6, 6.07) is 7.59. The Hall–Kier alpha value is -1.69. The minimum Gasteiger partial charge on any atom is -0.326 e. The lowest BCUT2D eigenvalue weighted by Crippen LogP contribution is -2.34. The van der Waals surface area contributed by atoms with E-state index < -0.39 is 0 Å². The lowest BCUT2D eigenvalue weighted by molar-refractivity contribution is 0.275. The molecule has 2 aromatic heterocycles. The summed E-state index contributed by atoms with van der Waals surface area (Å²) in [5, 5.41) is 0.444. The van der Waals surface area contributed by atoms with Crippen LogP contribution < -0.4 is 11.3 Å². The second kappa shape index (κ2) is 7.05. The molecule has 3 N–H and O–H groups in total. The van der Waals surface area contributed by atoms with Gasteiger partial charge in [-0.2, -0.15) is 0 Å². The van der Waals surface area contributed by atoms with Crippen molar-refractivity contribution in [2.75, 3.05) is 13.1 Å². The normalized spacial score (nSPS) is 19.8. The van der Waals surface area contributed by atoms with Crippen LogP contribution in [0.4, 0.5) is 0 Å². The molecule has 1 fully saturated rings. The van der Waals surface area contributed by atoms with Gasteiger partial charge in [0.1, 0.15) is 5.15 Å². The lowest BCUT2D eigenvalue weighted by Gasteiger charge is -2.28. The zero-order valence-corrected chi connectivity index (χ0v) is 14.8. The van der Waals surface area contributed by atoms with E-state index >= 15 is 0 Å². The number of nitrogens with one attached hydrogen (secondary N) is 1. The van der Waals surface area contributed by atoms with Crippen LogP contribution in [0.1, 0.15) is 49.0 Å². The van der Waals surface area contributed by atoms with Gasteiger partial charge in [-0.15, -0.1) is 0 Å². The fourth-order valence-corrected chi connectivity index (χ4v) is 3.35. The maximum absolute atomic E-state index is 12.7. The van der Waals surface area contributed by atoms with Gasteiger partial charge in [-0.05, 0) is 36.1 Å². The zero-order chi connectivity index (χ0) is 17.3. The number of hydrogen-bond donors (Lipinski definition) is 2. The van der Waals surface area contributed by atoms with Crippen LogP contribution in [0.3, 0.4) is 0 Å². The van der Waals surface area contributed by atoms with E-state index in [1.807, 2.05) is 18.2 Å². The van der Waals surface area contributed by atoms with E-state index in [0.717, 1.165) is 36.3 Å². The van der Waals surface area contributed by atoms with Crippen molar-refractivity contribution in [2.24, 2.45) is 5.73 Å². The molecule has 1 unspecified atom stereocenters. The fraction of sp³-hybridized carbons (Fsp3) is 0.444. The van der Waals surface area contributed by atoms with Gasteiger partial charge in [0.2, 0.25) is 0 Å². The number of aromatic nitrogens is 2. The average molecular weight is 347 g/mol. The van der Waals surface area contributed by atoms with Gasteiger partial charge < -0.3 is 10.7 Å². The van der Waals surface area contributed by atoms with Crippen molar-refractivity contribution >= 4 is 11.6 Å². The second-order valence-corrected chi connectivity index (χ2v) is 7.10. The molecule has 0 aromatic carbocycles. The van der Waals surface area contributed by atoms with Gasteiger partial charge in [-0.3, -0.25) is 9.69 Å². The Kier molecular flexibility index (Phi) is 5.04. The second-order valence-electron chi connectivity index (χ2n) is 6.71. The quantitative estimate of drug-likeness (QED) is 0.834. The van der Waals surface area contributed by atoms with Crippen molar-refractivity contribution in [3.8, 4) is 0 Å². The third kappa shape index (κ3) is 3.53. The summed E-state index contributed by atoms with van der Waals surface area (Å²) in [6.07, 6.45) is 2.67. The molecule has 2 atom stereocenters. The third-order valence-electron chi connectivity index (χ3n) is 4.57. The molecule has 2 aromatic rings. The molecule has 0 aliphatic carbocycles. The number of pyridine rings is 2. The Labute approximate surface area is 146 Å². The molecular formula is C18H23ClN4O. The first-order valence-corrected chi connectivity index (χ1v) is 8.67. The smallest absolute Gasteiger partial charge is 0.253 e. The molecule has 24 heavy (non-hydrogen) atoms. The number of hydrogen-bond acceptors (Lipinski definition) is 4. The summed E-state index contributed by atoms with van der Waals surface area (Å²) < 4.78 is 0. The summed E-state index contributed by atoms with van der Waals surface area (Å²) >= 11 is 5.92. The van der Waals surface area contributed by atoms with Crippen molar-refractivity contribution in [3.63, 3.8) is 0 Å². The summed E-state index contributed by atoms with van der Waals surface area (Å²) in [5.41, 5.74) is 8.64. The van der Waals surface area contributed by atoms with Gasteiger partial charge in [0.05, 0.1) is 6.04 Å². The predicted molar refractivity (Wildman–Crippen MR) is 96.4 cm³/mol. The molecule has 128 valence electrons. The summed E-state index contributed by atoms with van der Waals surface area (Å²) in [6.45, 7) is 5.74. The Morgan fingerprint density at radius 1 is 1.33 bits per heavy atom. The Bertz CT molecular complexity index is 756. The highest BCUT2D eigenvalue weighted by molar-refractivity contribution is 6.29. The number of nitrogens with zero attached hydrogens (tertiary/aromatic N) is 2. The van der Waals surface area contributed by atoms with Crippen LogP contribution in [0.5, 0.6) is 0 Å². The fourth-order valence-electron chi connectivity index (χ4n) is 3.24. The topological polar surface area (TPSA) is 75.0 Å². The van der Waals surface area contributed by atoms with Crippen LogP contribution in [0, 0.1) is 0 Å². The van der Waals surface area contributed by atoms with Crippen molar-refractivity contribution in [2.45, 2.75) is 38.3 Å².